The number of nitrogens with one attached hydrogen (secondary N) is 3. The van der Waals surface area contributed by atoms with Crippen LogP contribution in [-0.2, 0) is 14.8 Å². The molecule has 0 saturated carbocycles. The van der Waals surface area contributed by atoms with Crippen molar-refractivity contribution < 1.29 is 17.5 Å². The van der Waals surface area contributed by atoms with Gasteiger partial charge in [-0.05, 0) is 58.0 Å². The first-order valence-electron chi connectivity index (χ1n) is 8.53. The summed E-state index contributed by atoms with van der Waals surface area (Å²) in [5.74, 6) is 0.499. The molecule has 0 radical (unpaired) electrons. The highest BCUT2D eigenvalue weighted by Gasteiger charge is 2.14. The number of aromatic nitrogens is 2. The van der Waals surface area contributed by atoms with Crippen LogP contribution < -0.4 is 15.4 Å². The van der Waals surface area contributed by atoms with Crippen molar-refractivity contribution in [1.29, 1.82) is 0 Å². The standard InChI is InChI=1S/C13H16N4O2S.C5H11NO.3H2/c1-10(2)17-20(18,19)12-6-4-11(5-7-12)16-13-14-8-3-9-15-13;1-4(2)6-5(3)7;;;/h3-10,17H,1-2H3,(H,14,15,16);4H,1-3H3,(H,6,7);3*1H. The summed E-state index contributed by atoms with van der Waals surface area (Å²) < 4.78 is 26.4. The van der Waals surface area contributed by atoms with E-state index in [2.05, 4.69) is 25.3 Å². The van der Waals surface area contributed by atoms with E-state index in [9.17, 15) is 13.2 Å². The topological polar surface area (TPSA) is 113 Å². The summed E-state index contributed by atoms with van der Waals surface area (Å²) in [6.07, 6.45) is 3.25. The summed E-state index contributed by atoms with van der Waals surface area (Å²) in [6, 6.07) is 8.27. The Kier molecular flexibility index (Phi) is 8.83. The maximum atomic E-state index is 12.0. The number of hydrogen-bond donors (Lipinski definition) is 3. The number of hydrogen-bond acceptors (Lipinski definition) is 6. The minimum Gasteiger partial charge on any atom is -0.354 e. The zero-order valence-electron chi connectivity index (χ0n) is 16.2. The van der Waals surface area contributed by atoms with E-state index >= 15 is 0 Å². The Morgan fingerprint density at radius 3 is 1.96 bits per heavy atom. The van der Waals surface area contributed by atoms with Crippen molar-refractivity contribution in [2.24, 2.45) is 0 Å². The van der Waals surface area contributed by atoms with Crippen LogP contribution in [-0.4, -0.2) is 36.4 Å². The van der Waals surface area contributed by atoms with E-state index in [1.807, 2.05) is 13.8 Å². The first-order chi connectivity index (χ1) is 12.6. The number of sulfonamides is 1. The molecule has 0 spiro atoms. The molecule has 0 aliphatic heterocycles. The van der Waals surface area contributed by atoms with Gasteiger partial charge >= 0.3 is 0 Å². The minimum atomic E-state index is -3.46. The second kappa shape index (κ2) is 10.6. The van der Waals surface area contributed by atoms with Gasteiger partial charge < -0.3 is 10.6 Å². The maximum absolute atomic E-state index is 12.0. The SMILES string of the molecule is CC(=O)NC(C)C.CC(C)NS(=O)(=O)c1ccc(Nc2ncccn2)cc1.[HH].[HH].[HH]. The molecular weight excluding hydrogens is 366 g/mol. The van der Waals surface area contributed by atoms with Gasteiger partial charge in [0.2, 0.25) is 21.9 Å². The Morgan fingerprint density at radius 2 is 1.56 bits per heavy atom. The molecule has 0 aliphatic rings. The molecule has 1 heterocycles. The average molecular weight is 400 g/mol. The van der Waals surface area contributed by atoms with E-state index in [0.29, 0.717) is 5.95 Å². The normalized spacial score (nSPS) is 10.9. The van der Waals surface area contributed by atoms with E-state index in [-0.39, 0.29) is 27.2 Å². The van der Waals surface area contributed by atoms with Crippen LogP contribution in [0.4, 0.5) is 11.6 Å². The second-order valence-corrected chi connectivity index (χ2v) is 8.07. The van der Waals surface area contributed by atoms with E-state index in [1.165, 1.54) is 19.1 Å². The average Bonchev–Trinajstić information content (AvgIpc) is 2.54. The summed E-state index contributed by atoms with van der Waals surface area (Å²) in [7, 11) is -3.46. The lowest BCUT2D eigenvalue weighted by atomic mass is 10.3. The summed E-state index contributed by atoms with van der Waals surface area (Å²) in [5, 5.41) is 5.65. The van der Waals surface area contributed by atoms with E-state index in [0.717, 1.165) is 5.69 Å². The quantitative estimate of drug-likeness (QED) is 0.687. The fourth-order valence-corrected chi connectivity index (χ4v) is 3.25. The summed E-state index contributed by atoms with van der Waals surface area (Å²) in [5.41, 5.74) is 0.722. The van der Waals surface area contributed by atoms with Crippen LogP contribution in [0.1, 0.15) is 38.9 Å². The first-order valence-corrected chi connectivity index (χ1v) is 10.0. The van der Waals surface area contributed by atoms with Crippen LogP contribution in [0.3, 0.4) is 0 Å². The van der Waals surface area contributed by atoms with Crippen molar-refractivity contribution in [2.75, 3.05) is 5.32 Å². The maximum Gasteiger partial charge on any atom is 0.240 e. The van der Waals surface area contributed by atoms with Crippen molar-refractivity contribution in [3.05, 3.63) is 42.7 Å². The minimum absolute atomic E-state index is 0. The number of amides is 1. The predicted octanol–water partition coefficient (Wildman–Crippen LogP) is 3.18. The molecule has 2 aromatic rings. The monoisotopic (exact) mass is 399 g/mol. The molecule has 0 saturated heterocycles. The number of benzene rings is 1. The Bertz CT molecular complexity index is 821. The fourth-order valence-electron chi connectivity index (χ4n) is 2.00. The zero-order valence-corrected chi connectivity index (χ0v) is 17.0. The lowest BCUT2D eigenvalue weighted by Gasteiger charge is -2.10. The van der Waals surface area contributed by atoms with Crippen LogP contribution in [0, 0.1) is 0 Å². The van der Waals surface area contributed by atoms with E-state index in [4.69, 9.17) is 0 Å². The zero-order chi connectivity index (χ0) is 20.4. The lowest BCUT2D eigenvalue weighted by molar-refractivity contribution is -0.119. The van der Waals surface area contributed by atoms with E-state index in [1.54, 1.807) is 44.4 Å². The van der Waals surface area contributed by atoms with Crippen LogP contribution in [0.25, 0.3) is 0 Å². The summed E-state index contributed by atoms with van der Waals surface area (Å²) in [4.78, 5) is 18.4. The molecule has 0 bridgehead atoms. The molecule has 0 unspecified atom stereocenters. The van der Waals surface area contributed by atoms with Crippen LogP contribution in [0.15, 0.2) is 47.6 Å². The smallest absolute Gasteiger partial charge is 0.240 e. The Balaban J connectivity index is -0.000000637. The van der Waals surface area contributed by atoms with Crippen molar-refractivity contribution in [2.45, 2.75) is 51.6 Å². The van der Waals surface area contributed by atoms with Crippen molar-refractivity contribution >= 4 is 27.6 Å². The van der Waals surface area contributed by atoms with Gasteiger partial charge in [0.1, 0.15) is 0 Å². The predicted molar refractivity (Wildman–Crippen MR) is 113 cm³/mol. The highest BCUT2D eigenvalue weighted by atomic mass is 32.2. The second-order valence-electron chi connectivity index (χ2n) is 6.35. The van der Waals surface area contributed by atoms with E-state index < -0.39 is 10.0 Å². The molecule has 1 aromatic heterocycles. The lowest BCUT2D eigenvalue weighted by Crippen LogP contribution is -2.30. The Morgan fingerprint density at radius 1 is 1.00 bits per heavy atom. The molecule has 8 nitrogen and oxygen atoms in total. The molecule has 3 N–H and O–H groups in total. The van der Waals surface area contributed by atoms with Gasteiger partial charge in [-0.2, -0.15) is 0 Å². The molecule has 9 heteroatoms. The van der Waals surface area contributed by atoms with Gasteiger partial charge in [0.15, 0.2) is 0 Å². The third-order valence-electron chi connectivity index (χ3n) is 2.87. The first kappa shape index (κ1) is 22.5. The van der Waals surface area contributed by atoms with Crippen molar-refractivity contribution in [1.82, 2.24) is 20.0 Å². The highest BCUT2D eigenvalue weighted by Crippen LogP contribution is 2.16. The molecule has 2 rings (SSSR count). The van der Waals surface area contributed by atoms with Gasteiger partial charge in [0.25, 0.3) is 0 Å². The number of carbonyl (C=O) groups is 1. The van der Waals surface area contributed by atoms with Crippen molar-refractivity contribution in [3.8, 4) is 0 Å². The number of rotatable bonds is 6. The van der Waals surface area contributed by atoms with Crippen molar-refractivity contribution in [3.63, 3.8) is 0 Å². The molecule has 27 heavy (non-hydrogen) atoms. The van der Waals surface area contributed by atoms with Crippen LogP contribution in [0.2, 0.25) is 0 Å². The fraction of sp³-hybridized carbons (Fsp3) is 0.389. The molecule has 154 valence electrons. The number of carbonyl (C=O) groups excluding carboxylic acids is 1. The third kappa shape index (κ3) is 9.11. The van der Waals surface area contributed by atoms with Gasteiger partial charge in [0, 0.05) is 41.4 Å². The van der Waals surface area contributed by atoms with Crippen LogP contribution >= 0.6 is 0 Å². The molecule has 1 amide bonds. The molecule has 0 fully saturated rings. The highest BCUT2D eigenvalue weighted by molar-refractivity contribution is 7.89. The molecule has 0 aliphatic carbocycles. The Labute approximate surface area is 165 Å². The van der Waals surface area contributed by atoms with Gasteiger partial charge in [0.05, 0.1) is 4.90 Å². The molecule has 1 aromatic carbocycles. The van der Waals surface area contributed by atoms with Gasteiger partial charge in [-0.3, -0.25) is 4.79 Å². The largest absolute Gasteiger partial charge is 0.354 e. The number of nitrogens with zero attached hydrogens (tertiary/aromatic N) is 2. The molecule has 0 atom stereocenters. The number of anilines is 2. The third-order valence-corrected chi connectivity index (χ3v) is 4.54. The van der Waals surface area contributed by atoms with Crippen LogP contribution in [0.5, 0.6) is 0 Å². The molecular formula is C18H33N5O3S. The summed E-state index contributed by atoms with van der Waals surface area (Å²) >= 11 is 0. The van der Waals surface area contributed by atoms with Gasteiger partial charge in [-0.1, -0.05) is 0 Å². The summed E-state index contributed by atoms with van der Waals surface area (Å²) in [6.45, 7) is 8.93. The Hall–Kier alpha value is -2.52. The van der Waals surface area contributed by atoms with Gasteiger partial charge in [-0.15, -0.1) is 0 Å². The van der Waals surface area contributed by atoms with Gasteiger partial charge in [-0.25, -0.2) is 23.1 Å².